The van der Waals surface area contributed by atoms with Crippen LogP contribution in [0, 0.1) is 0 Å². The summed E-state index contributed by atoms with van der Waals surface area (Å²) in [4.78, 5) is 11.6. The fraction of sp³-hybridized carbons (Fsp3) is 0.133. The number of ketones is 1. The van der Waals surface area contributed by atoms with Crippen LogP contribution in [0.5, 0.6) is 23.0 Å². The van der Waals surface area contributed by atoms with E-state index in [9.17, 15) is 31.8 Å². The molecule has 0 aliphatic carbocycles. The number of benzene rings is 2. The van der Waals surface area contributed by atoms with Gasteiger partial charge in [-0.1, -0.05) is 0 Å². The molecular weight excluding hydrogens is 404 g/mol. The van der Waals surface area contributed by atoms with E-state index in [1.807, 2.05) is 0 Å². The van der Waals surface area contributed by atoms with Gasteiger partial charge in [-0.2, -0.15) is 8.42 Å². The SMILES string of the molecule is COc1c([SH](=O)=O)ccc(C(=O)c2ccc(S(=O)(=O)O)c(OC)c2O)c1O. The van der Waals surface area contributed by atoms with E-state index in [4.69, 9.17) is 14.0 Å². The van der Waals surface area contributed by atoms with E-state index in [0.717, 1.165) is 38.5 Å². The summed E-state index contributed by atoms with van der Waals surface area (Å²) >= 11 is 0. The van der Waals surface area contributed by atoms with E-state index in [2.05, 4.69) is 0 Å². The predicted molar refractivity (Wildman–Crippen MR) is 91.1 cm³/mol. The van der Waals surface area contributed by atoms with Gasteiger partial charge in [-0.25, -0.2) is 8.42 Å². The molecule has 0 saturated carbocycles. The van der Waals surface area contributed by atoms with Crippen molar-refractivity contribution in [2.75, 3.05) is 14.2 Å². The van der Waals surface area contributed by atoms with Gasteiger partial charge in [-0.3, -0.25) is 9.35 Å². The van der Waals surface area contributed by atoms with E-state index in [-0.39, 0.29) is 4.90 Å². The first-order valence-electron chi connectivity index (χ1n) is 7.01. The third-order valence-electron chi connectivity index (χ3n) is 3.58. The van der Waals surface area contributed by atoms with E-state index in [1.165, 1.54) is 0 Å². The zero-order valence-electron chi connectivity index (χ0n) is 13.9. The number of thiol groups is 1. The lowest BCUT2D eigenvalue weighted by molar-refractivity contribution is 0.103. The van der Waals surface area contributed by atoms with Gasteiger partial charge in [-0.15, -0.1) is 0 Å². The van der Waals surface area contributed by atoms with Crippen LogP contribution in [0.4, 0.5) is 0 Å². The van der Waals surface area contributed by atoms with Gasteiger partial charge >= 0.3 is 0 Å². The van der Waals surface area contributed by atoms with Gasteiger partial charge < -0.3 is 19.7 Å². The van der Waals surface area contributed by atoms with Crippen molar-refractivity contribution in [3.8, 4) is 23.0 Å². The first-order chi connectivity index (χ1) is 12.5. The van der Waals surface area contributed by atoms with Crippen molar-refractivity contribution in [3.05, 3.63) is 35.4 Å². The lowest BCUT2D eigenvalue weighted by atomic mass is 10.0. The molecule has 0 aromatic heterocycles. The molecule has 0 heterocycles. The molecule has 0 atom stereocenters. The highest BCUT2D eigenvalue weighted by Crippen LogP contribution is 2.40. The summed E-state index contributed by atoms with van der Waals surface area (Å²) < 4.78 is 63.7. The quantitative estimate of drug-likeness (QED) is 0.296. The van der Waals surface area contributed by atoms with Crippen molar-refractivity contribution in [2.24, 2.45) is 0 Å². The van der Waals surface area contributed by atoms with E-state index < -0.39 is 65.6 Å². The fourth-order valence-electron chi connectivity index (χ4n) is 2.37. The molecule has 0 aliphatic rings. The summed E-state index contributed by atoms with van der Waals surface area (Å²) in [6.45, 7) is 0. The maximum atomic E-state index is 12.7. The van der Waals surface area contributed by atoms with E-state index >= 15 is 0 Å². The molecule has 0 amide bonds. The second kappa shape index (κ2) is 7.42. The van der Waals surface area contributed by atoms with Gasteiger partial charge in [0.2, 0.25) is 5.78 Å². The van der Waals surface area contributed by atoms with E-state index in [1.54, 1.807) is 0 Å². The lowest BCUT2D eigenvalue weighted by Crippen LogP contribution is -2.07. The van der Waals surface area contributed by atoms with Gasteiger partial charge in [-0.05, 0) is 24.3 Å². The first kappa shape index (κ1) is 20.5. The van der Waals surface area contributed by atoms with Gasteiger partial charge in [0.05, 0.1) is 25.3 Å². The van der Waals surface area contributed by atoms with E-state index in [0.29, 0.717) is 0 Å². The minimum atomic E-state index is -4.74. The minimum absolute atomic E-state index is 0.356. The van der Waals surface area contributed by atoms with Crippen LogP contribution in [-0.4, -0.2) is 51.6 Å². The van der Waals surface area contributed by atoms with Crippen LogP contribution in [0.25, 0.3) is 0 Å². The Hall–Kier alpha value is -2.83. The molecule has 27 heavy (non-hydrogen) atoms. The monoisotopic (exact) mass is 418 g/mol. The first-order valence-corrected chi connectivity index (χ1v) is 9.62. The number of ether oxygens (including phenoxy) is 2. The highest BCUT2D eigenvalue weighted by molar-refractivity contribution is 7.86. The molecule has 2 rings (SSSR count). The summed E-state index contributed by atoms with van der Waals surface area (Å²) in [7, 11) is -5.76. The number of methoxy groups -OCH3 is 2. The third kappa shape index (κ3) is 3.67. The van der Waals surface area contributed by atoms with Crippen molar-refractivity contribution in [1.82, 2.24) is 0 Å². The summed E-state index contributed by atoms with van der Waals surface area (Å²) in [6.07, 6.45) is 0. The molecule has 2 aromatic rings. The molecule has 0 unspecified atom stereocenters. The lowest BCUT2D eigenvalue weighted by Gasteiger charge is -2.13. The number of carbonyl (C=O) groups is 1. The van der Waals surface area contributed by atoms with Crippen LogP contribution in [-0.2, 0) is 20.8 Å². The summed E-state index contributed by atoms with van der Waals surface area (Å²) in [6, 6.07) is 3.76. The predicted octanol–water partition coefficient (Wildman–Crippen LogP) is 0.563. The Bertz CT molecular complexity index is 1090. The Morgan fingerprint density at radius 1 is 0.926 bits per heavy atom. The number of carbonyl (C=O) groups excluding carboxylic acids is 1. The van der Waals surface area contributed by atoms with Crippen molar-refractivity contribution >= 4 is 26.6 Å². The molecule has 2 aromatic carbocycles. The second-order valence-corrected chi connectivity index (χ2v) is 7.45. The zero-order valence-corrected chi connectivity index (χ0v) is 15.6. The maximum Gasteiger partial charge on any atom is 0.298 e. The van der Waals surface area contributed by atoms with Crippen molar-refractivity contribution in [1.29, 1.82) is 0 Å². The van der Waals surface area contributed by atoms with Crippen LogP contribution >= 0.6 is 0 Å². The van der Waals surface area contributed by atoms with Crippen molar-refractivity contribution < 1.29 is 45.9 Å². The van der Waals surface area contributed by atoms with Crippen LogP contribution in [0.2, 0.25) is 0 Å². The zero-order chi connectivity index (χ0) is 20.5. The Balaban J connectivity index is 2.70. The number of aromatic hydroxyl groups is 2. The molecule has 12 heteroatoms. The topological polar surface area (TPSA) is 164 Å². The summed E-state index contributed by atoms with van der Waals surface area (Å²) in [5.41, 5.74) is -0.875. The highest BCUT2D eigenvalue weighted by Gasteiger charge is 2.27. The average molecular weight is 418 g/mol. The standard InChI is InChI=1S/C15H14O10S2/c1-24-14-9(26(19)20)5-3-7(12(14)17)11(16)8-4-6-10(27(21,22)23)15(25-2)13(8)18/h3-6,17-18,26H,1-2H3,(H,21,22,23). The Kier molecular flexibility index (Phi) is 5.63. The molecule has 0 fully saturated rings. The molecular formula is C15H14O10S2. The Labute approximate surface area is 155 Å². The minimum Gasteiger partial charge on any atom is -0.504 e. The fourth-order valence-corrected chi connectivity index (χ4v) is 3.58. The smallest absolute Gasteiger partial charge is 0.298 e. The number of phenolic OH excluding ortho intramolecular Hbond substituents is 2. The van der Waals surface area contributed by atoms with Crippen LogP contribution < -0.4 is 9.47 Å². The van der Waals surface area contributed by atoms with Crippen LogP contribution in [0.3, 0.4) is 0 Å². The molecule has 0 spiro atoms. The number of hydrogen-bond donors (Lipinski definition) is 4. The summed E-state index contributed by atoms with van der Waals surface area (Å²) in [5, 5.41) is 20.4. The van der Waals surface area contributed by atoms with Gasteiger partial charge in [0, 0.05) is 0 Å². The van der Waals surface area contributed by atoms with Gasteiger partial charge in [0.25, 0.3) is 10.1 Å². The molecule has 146 valence electrons. The van der Waals surface area contributed by atoms with Crippen LogP contribution in [0.15, 0.2) is 34.1 Å². The number of phenols is 2. The number of rotatable bonds is 6. The molecule has 0 bridgehead atoms. The Morgan fingerprint density at radius 3 is 1.85 bits per heavy atom. The molecule has 10 nitrogen and oxygen atoms in total. The van der Waals surface area contributed by atoms with Crippen LogP contribution in [0.1, 0.15) is 15.9 Å². The third-order valence-corrected chi connectivity index (χ3v) is 5.20. The number of hydrogen-bond acceptors (Lipinski definition) is 9. The van der Waals surface area contributed by atoms with Crippen molar-refractivity contribution in [2.45, 2.75) is 9.79 Å². The molecule has 3 N–H and O–H groups in total. The maximum absolute atomic E-state index is 12.7. The molecule has 0 saturated heterocycles. The average Bonchev–Trinajstić information content (AvgIpc) is 2.59. The Morgan fingerprint density at radius 2 is 1.41 bits per heavy atom. The largest absolute Gasteiger partial charge is 0.504 e. The summed E-state index contributed by atoms with van der Waals surface area (Å²) in [5.74, 6) is -3.78. The van der Waals surface area contributed by atoms with Gasteiger partial charge in [0.15, 0.2) is 33.7 Å². The molecule has 0 radical (unpaired) electrons. The highest BCUT2D eigenvalue weighted by atomic mass is 32.2. The van der Waals surface area contributed by atoms with Crippen molar-refractivity contribution in [3.63, 3.8) is 0 Å². The normalized spacial score (nSPS) is 11.4. The second-order valence-electron chi connectivity index (χ2n) is 5.07. The molecule has 0 aliphatic heterocycles. The van der Waals surface area contributed by atoms with Gasteiger partial charge in [0.1, 0.15) is 9.79 Å².